The van der Waals surface area contributed by atoms with Crippen LogP contribution in [0.2, 0.25) is 10.0 Å². The van der Waals surface area contributed by atoms with Gasteiger partial charge in [-0.15, -0.1) is 0 Å². The number of rotatable bonds is 9. The van der Waals surface area contributed by atoms with Crippen molar-refractivity contribution >= 4 is 35.0 Å². The van der Waals surface area contributed by atoms with Gasteiger partial charge in [0.1, 0.15) is 5.82 Å². The van der Waals surface area contributed by atoms with Gasteiger partial charge in [-0.1, -0.05) is 41.4 Å². The number of aliphatic hydroxyl groups excluding tert-OH is 1. The predicted molar refractivity (Wildman–Crippen MR) is 143 cm³/mol. The molecule has 0 saturated carbocycles. The normalized spacial score (nSPS) is 19.6. The lowest BCUT2D eigenvalue weighted by Gasteiger charge is -2.38. The Balaban J connectivity index is 1.48. The van der Waals surface area contributed by atoms with Crippen molar-refractivity contribution in [3.8, 4) is 0 Å². The zero-order chi connectivity index (χ0) is 26.6. The highest BCUT2D eigenvalue weighted by Crippen LogP contribution is 2.34. The summed E-state index contributed by atoms with van der Waals surface area (Å²) < 4.78 is 13.4. The Labute approximate surface area is 227 Å². The first-order chi connectivity index (χ1) is 17.7. The Morgan fingerprint density at radius 3 is 2.43 bits per heavy atom. The van der Waals surface area contributed by atoms with Gasteiger partial charge in [0.2, 0.25) is 11.8 Å². The van der Waals surface area contributed by atoms with Gasteiger partial charge in [-0.25, -0.2) is 4.39 Å². The summed E-state index contributed by atoms with van der Waals surface area (Å²) in [5.74, 6) is -0.376. The number of hydrogen-bond donors (Lipinski definition) is 2. The van der Waals surface area contributed by atoms with Crippen molar-refractivity contribution in [2.75, 3.05) is 32.8 Å². The Hall–Kier alpha value is -2.19. The van der Waals surface area contributed by atoms with Crippen LogP contribution in [0.3, 0.4) is 0 Å². The maximum Gasteiger partial charge on any atom is 0.230 e. The molecule has 0 aliphatic carbocycles. The van der Waals surface area contributed by atoms with Gasteiger partial charge in [0.05, 0.1) is 28.1 Å². The van der Waals surface area contributed by atoms with Crippen LogP contribution in [0.25, 0.3) is 0 Å². The maximum atomic E-state index is 13.8. The van der Waals surface area contributed by atoms with Crippen molar-refractivity contribution in [3.05, 3.63) is 69.5 Å². The van der Waals surface area contributed by atoms with Gasteiger partial charge in [-0.2, -0.15) is 0 Å². The first-order valence-corrected chi connectivity index (χ1v) is 13.6. The highest BCUT2D eigenvalue weighted by molar-refractivity contribution is 6.42. The van der Waals surface area contributed by atoms with Gasteiger partial charge in [-0.3, -0.25) is 9.59 Å². The number of nitrogens with one attached hydrogen (secondary N) is 1. The molecule has 2 aliphatic heterocycles. The standard InChI is InChI=1S/C28H34Cl2FN3O3/c1-28(20-6-9-23(29)24(30)17-20,27(37)32-25(18-35)19-4-7-21(31)8-5-19)12-16-33-14-10-22(11-15-33)34-13-2-3-26(34)36/h4-9,17,22,25,35H,2-3,10-16,18H2,1H3,(H,32,37)/t25-,28+/m0/s1. The zero-order valence-electron chi connectivity index (χ0n) is 21.1. The van der Waals surface area contributed by atoms with Crippen molar-refractivity contribution in [3.63, 3.8) is 0 Å². The lowest BCUT2D eigenvalue weighted by molar-refractivity contribution is -0.131. The molecule has 2 atom stereocenters. The molecule has 2 saturated heterocycles. The number of nitrogens with zero attached hydrogens (tertiary/aromatic N) is 2. The van der Waals surface area contributed by atoms with Crippen LogP contribution >= 0.6 is 23.2 Å². The number of halogens is 3. The molecule has 0 bridgehead atoms. The highest BCUT2D eigenvalue weighted by Gasteiger charge is 2.38. The van der Waals surface area contributed by atoms with Crippen LogP contribution in [0.15, 0.2) is 42.5 Å². The SMILES string of the molecule is C[C@](CCN1CCC(N2CCCC2=O)CC1)(C(=O)N[C@@H](CO)c1ccc(F)cc1)c1ccc(Cl)c(Cl)c1. The molecule has 2 aromatic carbocycles. The topological polar surface area (TPSA) is 72.9 Å². The second-order valence-electron chi connectivity index (χ2n) is 10.2. The number of piperidine rings is 1. The lowest BCUT2D eigenvalue weighted by atomic mass is 9.78. The lowest BCUT2D eigenvalue weighted by Crippen LogP contribution is -2.49. The fraction of sp³-hybridized carbons (Fsp3) is 0.500. The largest absolute Gasteiger partial charge is 0.394 e. The fourth-order valence-corrected chi connectivity index (χ4v) is 5.66. The van der Waals surface area contributed by atoms with E-state index >= 15 is 0 Å². The Morgan fingerprint density at radius 1 is 1.14 bits per heavy atom. The third-order valence-corrected chi connectivity index (χ3v) is 8.59. The minimum Gasteiger partial charge on any atom is -0.394 e. The second-order valence-corrected chi connectivity index (χ2v) is 11.0. The molecule has 200 valence electrons. The molecular formula is C28H34Cl2FN3O3. The summed E-state index contributed by atoms with van der Waals surface area (Å²) in [5.41, 5.74) is 0.392. The third-order valence-electron chi connectivity index (χ3n) is 7.85. The van der Waals surface area contributed by atoms with Gasteiger partial charge >= 0.3 is 0 Å². The van der Waals surface area contributed by atoms with E-state index in [9.17, 15) is 19.1 Å². The molecular weight excluding hydrogens is 516 g/mol. The summed E-state index contributed by atoms with van der Waals surface area (Å²) in [5, 5.41) is 13.7. The van der Waals surface area contributed by atoms with Crippen LogP contribution < -0.4 is 5.32 Å². The van der Waals surface area contributed by atoms with Crippen molar-refractivity contribution in [1.29, 1.82) is 0 Å². The summed E-state index contributed by atoms with van der Waals surface area (Å²) in [7, 11) is 0. The van der Waals surface area contributed by atoms with Crippen molar-refractivity contribution in [2.45, 2.75) is 56.5 Å². The summed E-state index contributed by atoms with van der Waals surface area (Å²) in [6.45, 7) is 4.82. The van der Waals surface area contributed by atoms with Gasteiger partial charge in [0.25, 0.3) is 0 Å². The van der Waals surface area contributed by atoms with E-state index in [0.717, 1.165) is 44.5 Å². The molecule has 2 aromatic rings. The molecule has 0 unspecified atom stereocenters. The first kappa shape index (κ1) is 27.8. The second kappa shape index (κ2) is 12.1. The smallest absolute Gasteiger partial charge is 0.230 e. The molecule has 0 spiro atoms. The van der Waals surface area contributed by atoms with E-state index in [1.54, 1.807) is 24.3 Å². The van der Waals surface area contributed by atoms with Gasteiger partial charge in [0, 0.05) is 32.1 Å². The van der Waals surface area contributed by atoms with E-state index < -0.39 is 11.5 Å². The number of likely N-dealkylation sites (tertiary alicyclic amines) is 2. The van der Waals surface area contributed by atoms with E-state index in [2.05, 4.69) is 10.2 Å². The van der Waals surface area contributed by atoms with Gasteiger partial charge in [0.15, 0.2) is 0 Å². The molecule has 9 heteroatoms. The highest BCUT2D eigenvalue weighted by atomic mass is 35.5. The molecule has 0 radical (unpaired) electrons. The summed E-state index contributed by atoms with van der Waals surface area (Å²) in [4.78, 5) is 30.3. The predicted octanol–water partition coefficient (Wildman–Crippen LogP) is 4.72. The Kier molecular flexibility index (Phi) is 9.11. The quantitative estimate of drug-likeness (QED) is 0.474. The molecule has 0 aromatic heterocycles. The number of amides is 2. The molecule has 37 heavy (non-hydrogen) atoms. The van der Waals surface area contributed by atoms with E-state index in [0.29, 0.717) is 41.0 Å². The van der Waals surface area contributed by atoms with Crippen molar-refractivity contribution in [2.24, 2.45) is 0 Å². The summed E-state index contributed by atoms with van der Waals surface area (Å²) in [6.07, 6.45) is 3.98. The van der Waals surface area contributed by atoms with Crippen LogP contribution in [0.1, 0.15) is 56.2 Å². The van der Waals surface area contributed by atoms with E-state index in [1.807, 2.05) is 17.9 Å². The van der Waals surface area contributed by atoms with Crippen LogP contribution in [0.5, 0.6) is 0 Å². The minimum atomic E-state index is -0.955. The molecule has 2 heterocycles. The van der Waals surface area contributed by atoms with E-state index in [1.165, 1.54) is 12.1 Å². The van der Waals surface area contributed by atoms with Crippen molar-refractivity contribution < 1.29 is 19.1 Å². The van der Waals surface area contributed by atoms with E-state index in [-0.39, 0.29) is 24.2 Å². The Morgan fingerprint density at radius 2 is 1.84 bits per heavy atom. The molecule has 2 aliphatic rings. The zero-order valence-corrected chi connectivity index (χ0v) is 22.6. The number of carbonyl (C=O) groups is 2. The fourth-order valence-electron chi connectivity index (χ4n) is 5.37. The molecule has 4 rings (SSSR count). The Bertz CT molecular complexity index is 1110. The van der Waals surface area contributed by atoms with Crippen LogP contribution in [0, 0.1) is 5.82 Å². The average molecular weight is 551 g/mol. The van der Waals surface area contributed by atoms with Gasteiger partial charge in [-0.05, 0) is 74.5 Å². The maximum absolute atomic E-state index is 13.8. The summed E-state index contributed by atoms with van der Waals surface area (Å²) in [6, 6.07) is 10.6. The van der Waals surface area contributed by atoms with Crippen LogP contribution in [0.4, 0.5) is 4.39 Å². The number of carbonyl (C=O) groups excluding carboxylic acids is 2. The number of benzene rings is 2. The summed E-state index contributed by atoms with van der Waals surface area (Å²) >= 11 is 12.5. The first-order valence-electron chi connectivity index (χ1n) is 12.9. The molecule has 2 amide bonds. The third kappa shape index (κ3) is 6.45. The van der Waals surface area contributed by atoms with E-state index in [4.69, 9.17) is 23.2 Å². The van der Waals surface area contributed by atoms with Gasteiger partial charge < -0.3 is 20.2 Å². The van der Waals surface area contributed by atoms with Crippen LogP contribution in [-0.2, 0) is 15.0 Å². The minimum absolute atomic E-state index is 0.258. The number of hydrogen-bond acceptors (Lipinski definition) is 4. The van der Waals surface area contributed by atoms with Crippen LogP contribution in [-0.4, -0.2) is 65.5 Å². The average Bonchev–Trinajstić information content (AvgIpc) is 3.33. The monoisotopic (exact) mass is 549 g/mol. The molecule has 2 N–H and O–H groups in total. The van der Waals surface area contributed by atoms with Crippen molar-refractivity contribution in [1.82, 2.24) is 15.1 Å². The molecule has 2 fully saturated rings. The number of aliphatic hydroxyl groups is 1. The molecule has 6 nitrogen and oxygen atoms in total.